The van der Waals surface area contributed by atoms with Gasteiger partial charge in [0.2, 0.25) is 0 Å². The number of aryl methyl sites for hydroxylation is 2. The summed E-state index contributed by atoms with van der Waals surface area (Å²) >= 11 is 0. The Morgan fingerprint density at radius 2 is 1.81 bits per heavy atom. The van der Waals surface area contributed by atoms with Gasteiger partial charge in [0.25, 0.3) is 0 Å². The molecule has 1 aliphatic carbocycles. The highest BCUT2D eigenvalue weighted by Gasteiger charge is 2.17. The SMILES string of the molecule is C=C(C)C(=O)OCCCc1cc(-c2ccc(C3CCCCC3)cc2F)ccc1CCCO. The third kappa shape index (κ3) is 6.52. The van der Waals surface area contributed by atoms with Crippen molar-refractivity contribution in [2.45, 2.75) is 70.6 Å². The fourth-order valence-electron chi connectivity index (χ4n) is 4.55. The zero-order valence-corrected chi connectivity index (χ0v) is 19.2. The highest BCUT2D eigenvalue weighted by Crippen LogP contribution is 2.35. The fraction of sp³-hybridized carbons (Fsp3) is 0.464. The standard InChI is InChI=1S/C28H35FO3/c1-20(2)28(31)32-17-7-11-23-18-25(13-12-22(23)10-6-16-30)26-15-14-24(19-27(26)29)21-8-4-3-5-9-21/h12-15,18-19,21,30H,1,3-11,16-17H2,2H3. The predicted octanol–water partition coefficient (Wildman–Crippen LogP) is 6.52. The molecule has 2 aromatic carbocycles. The van der Waals surface area contributed by atoms with E-state index in [0.717, 1.165) is 47.9 Å². The lowest BCUT2D eigenvalue weighted by Crippen LogP contribution is -2.07. The second-order valence-electron chi connectivity index (χ2n) is 8.90. The quantitative estimate of drug-likeness (QED) is 0.261. The predicted molar refractivity (Wildman–Crippen MR) is 127 cm³/mol. The minimum absolute atomic E-state index is 0.134. The molecule has 2 aromatic rings. The van der Waals surface area contributed by atoms with Crippen molar-refractivity contribution >= 4 is 5.97 Å². The third-order valence-corrected chi connectivity index (χ3v) is 6.36. The smallest absolute Gasteiger partial charge is 0.333 e. The lowest BCUT2D eigenvalue weighted by molar-refractivity contribution is -0.139. The first-order valence-electron chi connectivity index (χ1n) is 11.8. The first-order valence-corrected chi connectivity index (χ1v) is 11.8. The number of halogens is 1. The van der Waals surface area contributed by atoms with Crippen LogP contribution in [0.4, 0.5) is 4.39 Å². The van der Waals surface area contributed by atoms with Gasteiger partial charge >= 0.3 is 5.97 Å². The first kappa shape index (κ1) is 24.2. The average Bonchev–Trinajstić information content (AvgIpc) is 2.81. The van der Waals surface area contributed by atoms with Gasteiger partial charge in [0.1, 0.15) is 5.82 Å². The molecule has 3 rings (SSSR count). The number of ether oxygens (including phenoxy) is 1. The summed E-state index contributed by atoms with van der Waals surface area (Å²) < 4.78 is 20.3. The van der Waals surface area contributed by atoms with Crippen LogP contribution in [0.25, 0.3) is 11.1 Å². The molecule has 1 N–H and O–H groups in total. The van der Waals surface area contributed by atoms with Crippen molar-refractivity contribution in [2.75, 3.05) is 13.2 Å². The van der Waals surface area contributed by atoms with Crippen LogP contribution in [0.5, 0.6) is 0 Å². The van der Waals surface area contributed by atoms with E-state index in [9.17, 15) is 9.90 Å². The van der Waals surface area contributed by atoms with Crippen molar-refractivity contribution in [1.82, 2.24) is 0 Å². The summed E-state index contributed by atoms with van der Waals surface area (Å²) in [5, 5.41) is 9.23. The second kappa shape index (κ2) is 12.0. The monoisotopic (exact) mass is 438 g/mol. The van der Waals surface area contributed by atoms with E-state index in [-0.39, 0.29) is 18.4 Å². The largest absolute Gasteiger partial charge is 0.462 e. The number of esters is 1. The maximum Gasteiger partial charge on any atom is 0.333 e. The van der Waals surface area contributed by atoms with E-state index in [0.29, 0.717) is 36.5 Å². The Morgan fingerprint density at radius 3 is 2.50 bits per heavy atom. The van der Waals surface area contributed by atoms with Crippen molar-refractivity contribution < 1.29 is 19.0 Å². The Labute approximate surface area is 191 Å². The Bertz CT molecular complexity index is 928. The van der Waals surface area contributed by atoms with Gasteiger partial charge in [0.05, 0.1) is 6.61 Å². The summed E-state index contributed by atoms with van der Waals surface area (Å²) in [6.07, 6.45) is 8.90. The van der Waals surface area contributed by atoms with Crippen LogP contribution in [0.3, 0.4) is 0 Å². The number of rotatable bonds is 10. The summed E-state index contributed by atoms with van der Waals surface area (Å²) in [6, 6.07) is 11.8. The number of carbonyl (C=O) groups is 1. The summed E-state index contributed by atoms with van der Waals surface area (Å²) in [6.45, 7) is 5.68. The van der Waals surface area contributed by atoms with Crippen LogP contribution in [0, 0.1) is 5.82 Å². The van der Waals surface area contributed by atoms with Crippen LogP contribution >= 0.6 is 0 Å². The highest BCUT2D eigenvalue weighted by molar-refractivity contribution is 5.86. The summed E-state index contributed by atoms with van der Waals surface area (Å²) in [4.78, 5) is 11.6. The highest BCUT2D eigenvalue weighted by atomic mass is 19.1. The molecule has 0 aliphatic heterocycles. The Balaban J connectivity index is 1.76. The number of hydrogen-bond donors (Lipinski definition) is 1. The van der Waals surface area contributed by atoms with E-state index < -0.39 is 0 Å². The molecule has 0 aromatic heterocycles. The summed E-state index contributed by atoms with van der Waals surface area (Å²) in [5.41, 5.74) is 5.24. The molecule has 32 heavy (non-hydrogen) atoms. The molecule has 1 saturated carbocycles. The number of aliphatic hydroxyl groups is 1. The molecule has 0 unspecified atom stereocenters. The zero-order chi connectivity index (χ0) is 22.9. The molecule has 0 saturated heterocycles. The molecule has 0 amide bonds. The number of aliphatic hydroxyl groups excluding tert-OH is 1. The van der Waals surface area contributed by atoms with Gasteiger partial charge < -0.3 is 9.84 Å². The molecule has 4 heteroatoms. The molecule has 0 spiro atoms. The molecule has 3 nitrogen and oxygen atoms in total. The maximum atomic E-state index is 15.1. The van der Waals surface area contributed by atoms with E-state index in [4.69, 9.17) is 4.74 Å². The number of hydrogen-bond acceptors (Lipinski definition) is 3. The fourth-order valence-corrected chi connectivity index (χ4v) is 4.55. The topological polar surface area (TPSA) is 46.5 Å². The van der Waals surface area contributed by atoms with Crippen LogP contribution in [0.2, 0.25) is 0 Å². The molecular formula is C28H35FO3. The van der Waals surface area contributed by atoms with Gasteiger partial charge in [-0.1, -0.05) is 56.2 Å². The van der Waals surface area contributed by atoms with Crippen LogP contribution in [-0.4, -0.2) is 24.3 Å². The molecule has 1 fully saturated rings. The average molecular weight is 439 g/mol. The van der Waals surface area contributed by atoms with E-state index in [2.05, 4.69) is 12.6 Å². The van der Waals surface area contributed by atoms with Gasteiger partial charge in [-0.05, 0) is 79.7 Å². The van der Waals surface area contributed by atoms with E-state index in [1.165, 1.54) is 19.3 Å². The summed E-state index contributed by atoms with van der Waals surface area (Å²) in [5.74, 6) is -0.0671. The lowest BCUT2D eigenvalue weighted by atomic mass is 9.83. The lowest BCUT2D eigenvalue weighted by Gasteiger charge is -2.22. The normalized spacial score (nSPS) is 14.3. The van der Waals surface area contributed by atoms with Gasteiger partial charge in [-0.3, -0.25) is 0 Å². The minimum Gasteiger partial charge on any atom is -0.462 e. The minimum atomic E-state index is -0.376. The maximum absolute atomic E-state index is 15.1. The number of carbonyl (C=O) groups excluding carboxylic acids is 1. The Hall–Kier alpha value is -2.46. The van der Waals surface area contributed by atoms with Crippen molar-refractivity contribution in [2.24, 2.45) is 0 Å². The van der Waals surface area contributed by atoms with E-state index in [1.54, 1.807) is 13.0 Å². The van der Waals surface area contributed by atoms with Gasteiger partial charge in [0, 0.05) is 17.7 Å². The molecule has 0 bridgehead atoms. The molecule has 0 atom stereocenters. The molecular weight excluding hydrogens is 403 g/mol. The molecule has 0 radical (unpaired) electrons. The summed E-state index contributed by atoms with van der Waals surface area (Å²) in [7, 11) is 0. The first-order chi connectivity index (χ1) is 15.5. The van der Waals surface area contributed by atoms with Gasteiger partial charge in [-0.15, -0.1) is 0 Å². The zero-order valence-electron chi connectivity index (χ0n) is 19.2. The number of benzene rings is 2. The van der Waals surface area contributed by atoms with Gasteiger partial charge in [-0.25, -0.2) is 9.18 Å². The van der Waals surface area contributed by atoms with Crippen molar-refractivity contribution in [3.8, 4) is 11.1 Å². The molecule has 0 heterocycles. The molecule has 172 valence electrons. The Kier molecular flexibility index (Phi) is 9.04. The molecule has 1 aliphatic rings. The Morgan fingerprint density at radius 1 is 1.06 bits per heavy atom. The third-order valence-electron chi connectivity index (χ3n) is 6.36. The van der Waals surface area contributed by atoms with Crippen LogP contribution in [0.1, 0.15) is 74.5 Å². The van der Waals surface area contributed by atoms with Gasteiger partial charge in [0.15, 0.2) is 0 Å². The van der Waals surface area contributed by atoms with E-state index >= 15 is 4.39 Å². The van der Waals surface area contributed by atoms with Crippen LogP contribution in [0.15, 0.2) is 48.6 Å². The second-order valence-corrected chi connectivity index (χ2v) is 8.90. The van der Waals surface area contributed by atoms with Crippen LogP contribution < -0.4 is 0 Å². The van der Waals surface area contributed by atoms with Crippen LogP contribution in [-0.2, 0) is 22.4 Å². The van der Waals surface area contributed by atoms with Crippen molar-refractivity contribution in [3.05, 3.63) is 71.1 Å². The van der Waals surface area contributed by atoms with Gasteiger partial charge in [-0.2, -0.15) is 0 Å². The van der Waals surface area contributed by atoms with Crippen molar-refractivity contribution in [1.29, 1.82) is 0 Å². The van der Waals surface area contributed by atoms with E-state index in [1.807, 2.05) is 24.3 Å². The van der Waals surface area contributed by atoms with Crippen molar-refractivity contribution in [3.63, 3.8) is 0 Å².